The molecule has 0 bridgehead atoms. The van der Waals surface area contributed by atoms with Gasteiger partial charge < -0.3 is 28.8 Å². The number of amides is 1. The van der Waals surface area contributed by atoms with E-state index < -0.39 is 20.0 Å². The normalized spacial score (nSPS) is 13.9. The summed E-state index contributed by atoms with van der Waals surface area (Å²) in [6, 6.07) is -0.807. The fourth-order valence-corrected chi connectivity index (χ4v) is 10.9. The zero-order valence-electron chi connectivity index (χ0n) is 51.5. The quantitative estimate of drug-likeness (QED) is 0.0272. The van der Waals surface area contributed by atoms with Crippen LogP contribution in [-0.2, 0) is 18.4 Å². The van der Waals surface area contributed by atoms with E-state index in [-0.39, 0.29) is 19.1 Å². The van der Waals surface area contributed by atoms with Gasteiger partial charge in [-0.3, -0.25) is 9.36 Å². The lowest BCUT2D eigenvalue weighted by Crippen LogP contribution is -2.46. The van der Waals surface area contributed by atoms with Gasteiger partial charge in [-0.15, -0.1) is 0 Å². The van der Waals surface area contributed by atoms with Crippen LogP contribution in [0.5, 0.6) is 0 Å². The van der Waals surface area contributed by atoms with Crippen molar-refractivity contribution in [3.05, 3.63) is 36.5 Å². The first-order valence-electron chi connectivity index (χ1n) is 33.3. The van der Waals surface area contributed by atoms with Crippen molar-refractivity contribution in [3.8, 4) is 0 Å². The molecule has 1 amide bonds. The topological polar surface area (TPSA) is 108 Å². The molecule has 450 valence electrons. The molecule has 2 N–H and O–H groups in total. The Hall–Kier alpha value is -1.28. The molecular weight excluding hydrogens is 960 g/mol. The first kappa shape index (κ1) is 74.7. The van der Waals surface area contributed by atoms with Crippen molar-refractivity contribution in [2.75, 3.05) is 40.9 Å². The molecule has 0 aliphatic carbocycles. The highest BCUT2D eigenvalue weighted by molar-refractivity contribution is 7.45. The number of phosphoric acid groups is 1. The second kappa shape index (κ2) is 58.4. The maximum absolute atomic E-state index is 13.0. The van der Waals surface area contributed by atoms with E-state index in [0.29, 0.717) is 23.9 Å². The monoisotopic (exact) mass is 1090 g/mol. The maximum atomic E-state index is 13.0. The molecule has 0 rings (SSSR count). The van der Waals surface area contributed by atoms with E-state index in [2.05, 4.69) is 55.6 Å². The van der Waals surface area contributed by atoms with Gasteiger partial charge in [0.1, 0.15) is 13.2 Å². The first-order valence-corrected chi connectivity index (χ1v) is 34.8. The molecule has 0 heterocycles. The second-order valence-electron chi connectivity index (χ2n) is 24.2. The van der Waals surface area contributed by atoms with Crippen molar-refractivity contribution >= 4 is 13.7 Å². The predicted molar refractivity (Wildman–Crippen MR) is 330 cm³/mol. The molecule has 0 saturated heterocycles. The summed E-state index contributed by atoms with van der Waals surface area (Å²) in [7, 11) is 1.31. The zero-order valence-corrected chi connectivity index (χ0v) is 52.4. The molecule has 8 nitrogen and oxygen atoms in total. The molecule has 9 heteroatoms. The van der Waals surface area contributed by atoms with Crippen molar-refractivity contribution in [1.29, 1.82) is 0 Å². The van der Waals surface area contributed by atoms with Crippen LogP contribution in [0, 0.1) is 0 Å². The minimum absolute atomic E-state index is 0.0108. The number of unbranched alkanes of at least 4 members (excludes halogenated alkanes) is 43. The molecule has 0 radical (unpaired) electrons. The molecule has 0 aromatic rings. The fourth-order valence-electron chi connectivity index (χ4n) is 10.2. The van der Waals surface area contributed by atoms with Crippen LogP contribution < -0.4 is 10.2 Å². The van der Waals surface area contributed by atoms with Gasteiger partial charge in [0.2, 0.25) is 5.91 Å². The minimum atomic E-state index is -4.58. The average molecular weight is 1090 g/mol. The van der Waals surface area contributed by atoms with Crippen LogP contribution in [0.15, 0.2) is 36.5 Å². The molecule has 0 fully saturated rings. The van der Waals surface area contributed by atoms with Gasteiger partial charge in [0.05, 0.1) is 39.9 Å². The molecule has 0 aliphatic rings. The summed E-state index contributed by atoms with van der Waals surface area (Å²) in [5.74, 6) is -0.167. The van der Waals surface area contributed by atoms with Crippen LogP contribution in [0.1, 0.15) is 335 Å². The Balaban J connectivity index is 4.05. The molecule has 0 aliphatic heterocycles. The molecule has 76 heavy (non-hydrogen) atoms. The number of carbonyl (C=O) groups is 1. The Bertz CT molecular complexity index is 1330. The highest BCUT2D eigenvalue weighted by Gasteiger charge is 2.24. The summed E-state index contributed by atoms with van der Waals surface area (Å²) in [4.78, 5) is 25.6. The highest BCUT2D eigenvalue weighted by Crippen LogP contribution is 2.38. The molecule has 0 aromatic heterocycles. The Labute approximate surface area is 474 Å². The van der Waals surface area contributed by atoms with E-state index in [1.54, 1.807) is 0 Å². The van der Waals surface area contributed by atoms with E-state index >= 15 is 0 Å². The van der Waals surface area contributed by atoms with Gasteiger partial charge in [-0.05, 0) is 51.4 Å². The minimum Gasteiger partial charge on any atom is -0.756 e. The van der Waals surface area contributed by atoms with Crippen molar-refractivity contribution in [2.45, 2.75) is 347 Å². The number of allylic oxidation sites excluding steroid dienone is 6. The summed E-state index contributed by atoms with van der Waals surface area (Å²) in [6.45, 7) is 4.75. The van der Waals surface area contributed by atoms with E-state index in [9.17, 15) is 19.4 Å². The summed E-state index contributed by atoms with van der Waals surface area (Å²) >= 11 is 0. The van der Waals surface area contributed by atoms with Gasteiger partial charge in [0, 0.05) is 6.42 Å². The Morgan fingerprint density at radius 1 is 0.461 bits per heavy atom. The van der Waals surface area contributed by atoms with Crippen LogP contribution in [-0.4, -0.2) is 68.5 Å². The molecule has 0 aromatic carbocycles. The Morgan fingerprint density at radius 2 is 0.763 bits per heavy atom. The van der Waals surface area contributed by atoms with Gasteiger partial charge in [-0.25, -0.2) is 0 Å². The number of rotatable bonds is 62. The van der Waals surface area contributed by atoms with Gasteiger partial charge in [-0.1, -0.05) is 314 Å². The number of carbonyl (C=O) groups excluding carboxylic acids is 1. The van der Waals surface area contributed by atoms with Crippen molar-refractivity contribution in [3.63, 3.8) is 0 Å². The van der Waals surface area contributed by atoms with Gasteiger partial charge >= 0.3 is 0 Å². The number of phosphoric ester groups is 1. The second-order valence-corrected chi connectivity index (χ2v) is 25.6. The number of aliphatic hydroxyl groups is 1. The van der Waals surface area contributed by atoms with Crippen molar-refractivity contribution in [1.82, 2.24) is 5.32 Å². The predicted octanol–water partition coefficient (Wildman–Crippen LogP) is 20.3. The largest absolute Gasteiger partial charge is 0.756 e. The van der Waals surface area contributed by atoms with Crippen LogP contribution in [0.25, 0.3) is 0 Å². The lowest BCUT2D eigenvalue weighted by Gasteiger charge is -2.30. The zero-order chi connectivity index (χ0) is 55.6. The maximum Gasteiger partial charge on any atom is 0.268 e. The molecule has 0 saturated carbocycles. The summed E-state index contributed by atoms with van der Waals surface area (Å²) in [5.41, 5.74) is 0. The van der Waals surface area contributed by atoms with Gasteiger partial charge in [0.15, 0.2) is 0 Å². The summed E-state index contributed by atoms with van der Waals surface area (Å²) in [6.07, 6.45) is 76.4. The van der Waals surface area contributed by atoms with E-state index in [1.807, 2.05) is 21.1 Å². The third-order valence-electron chi connectivity index (χ3n) is 15.4. The lowest BCUT2D eigenvalue weighted by atomic mass is 10.0. The number of hydrogen-bond donors (Lipinski definition) is 2. The Kier molecular flexibility index (Phi) is 57.4. The SMILES string of the molecule is CCCCCCC/C=C\C/C=C\C/C=C\CCCCCCCCCCC(=O)NC(COP(=O)([O-])OCC[N+](C)(C)C)C(O)CCCCCCCCCCCCCCCCCCCCCCCCCCCCCCCCC. The number of likely N-dealkylation sites (N-methyl/N-ethyl adjacent to an activating group) is 1. The number of quaternary nitrogens is 1. The van der Waals surface area contributed by atoms with Gasteiger partial charge in [-0.2, -0.15) is 0 Å². The molecular formula is C67H131N2O6P. The number of nitrogens with one attached hydrogen (secondary N) is 1. The third-order valence-corrected chi connectivity index (χ3v) is 16.3. The van der Waals surface area contributed by atoms with E-state index in [1.165, 1.54) is 250 Å². The number of nitrogens with zero attached hydrogens (tertiary/aromatic N) is 1. The van der Waals surface area contributed by atoms with Crippen LogP contribution >= 0.6 is 7.82 Å². The molecule has 3 unspecified atom stereocenters. The van der Waals surface area contributed by atoms with Crippen LogP contribution in [0.4, 0.5) is 0 Å². The first-order chi connectivity index (χ1) is 37.0. The Morgan fingerprint density at radius 3 is 1.11 bits per heavy atom. The summed E-state index contributed by atoms with van der Waals surface area (Å²) < 4.78 is 23.5. The van der Waals surface area contributed by atoms with Gasteiger partial charge in [0.25, 0.3) is 7.82 Å². The lowest BCUT2D eigenvalue weighted by molar-refractivity contribution is -0.870. The van der Waals surface area contributed by atoms with E-state index in [0.717, 1.165) is 57.8 Å². The van der Waals surface area contributed by atoms with Crippen LogP contribution in [0.2, 0.25) is 0 Å². The molecule has 3 atom stereocenters. The number of aliphatic hydroxyl groups excluding tert-OH is 1. The smallest absolute Gasteiger partial charge is 0.268 e. The number of hydrogen-bond acceptors (Lipinski definition) is 6. The van der Waals surface area contributed by atoms with Crippen molar-refractivity contribution < 1.29 is 32.9 Å². The standard InChI is InChI=1S/C67H131N2O6P/c1-6-8-10-12-14-16-18-20-22-24-26-28-30-31-32-33-34-35-36-37-39-40-42-44-46-48-50-52-54-56-58-60-66(70)65(64-75-76(72,73)74-63-62-69(3,4)5)68-67(71)61-59-57-55-53-51-49-47-45-43-41-38-29-27-25-23-21-19-17-15-13-11-9-7-2/h19,21,25,27,38,41,65-66,70H,6-18,20,22-24,26,28-37,39-40,42-64H2,1-5H3,(H-,68,71,72,73)/b21-19-,27-25-,41-38-. The summed E-state index contributed by atoms with van der Waals surface area (Å²) in [5, 5.41) is 14.1. The average Bonchev–Trinajstić information content (AvgIpc) is 3.38. The molecule has 0 spiro atoms. The third kappa shape index (κ3) is 60.4. The van der Waals surface area contributed by atoms with E-state index in [4.69, 9.17) is 9.05 Å². The fraction of sp³-hybridized carbons (Fsp3) is 0.896. The highest BCUT2D eigenvalue weighted by atomic mass is 31.2. The van der Waals surface area contributed by atoms with Crippen molar-refractivity contribution in [2.24, 2.45) is 0 Å². The van der Waals surface area contributed by atoms with Crippen LogP contribution in [0.3, 0.4) is 0 Å².